The van der Waals surface area contributed by atoms with Gasteiger partial charge in [0, 0.05) is 5.41 Å². The molecule has 2 fully saturated rings. The molecular formula is C12H17N3O4. The van der Waals surface area contributed by atoms with Crippen LogP contribution in [0.15, 0.2) is 0 Å². The average molecular weight is 267 g/mol. The molecule has 1 saturated carbocycles. The highest BCUT2D eigenvalue weighted by Crippen LogP contribution is 2.50. The van der Waals surface area contributed by atoms with E-state index in [4.69, 9.17) is 11.5 Å². The molecular weight excluding hydrogens is 250 g/mol. The zero-order chi connectivity index (χ0) is 14.2. The summed E-state index contributed by atoms with van der Waals surface area (Å²) in [4.78, 5) is 47.0. The van der Waals surface area contributed by atoms with Crippen LogP contribution in [0.5, 0.6) is 0 Å². The van der Waals surface area contributed by atoms with Crippen molar-refractivity contribution in [3.05, 3.63) is 0 Å². The topological polar surface area (TPSA) is 132 Å². The molecule has 1 aliphatic heterocycles. The Hall–Kier alpha value is -1.92. The molecule has 1 saturated heterocycles. The normalized spacial score (nSPS) is 29.9. The van der Waals surface area contributed by atoms with E-state index in [0.29, 0.717) is 12.8 Å². The molecule has 1 heterocycles. The van der Waals surface area contributed by atoms with E-state index in [1.165, 1.54) is 0 Å². The number of carbonyl (C=O) groups excluding carboxylic acids is 4. The summed E-state index contributed by atoms with van der Waals surface area (Å²) in [6.45, 7) is 0. The number of carbonyl (C=O) groups is 4. The van der Waals surface area contributed by atoms with E-state index in [-0.39, 0.29) is 0 Å². The Morgan fingerprint density at radius 1 is 0.947 bits per heavy atom. The van der Waals surface area contributed by atoms with Gasteiger partial charge >= 0.3 is 0 Å². The summed E-state index contributed by atoms with van der Waals surface area (Å²) >= 11 is 0. The van der Waals surface area contributed by atoms with E-state index in [2.05, 4.69) is 0 Å². The van der Waals surface area contributed by atoms with Crippen LogP contribution in [-0.4, -0.2) is 23.6 Å². The van der Waals surface area contributed by atoms with Gasteiger partial charge in [0.15, 0.2) is 0 Å². The molecule has 0 aromatic rings. The van der Waals surface area contributed by atoms with Crippen LogP contribution in [0.2, 0.25) is 0 Å². The predicted octanol–water partition coefficient (Wildman–Crippen LogP) is -1.20. The second-order valence-electron chi connectivity index (χ2n) is 5.32. The van der Waals surface area contributed by atoms with Crippen LogP contribution >= 0.6 is 0 Å². The highest BCUT2D eigenvalue weighted by Gasteiger charge is 2.59. The van der Waals surface area contributed by atoms with Gasteiger partial charge in [-0.3, -0.25) is 24.5 Å². The number of imide groups is 1. The molecule has 2 unspecified atom stereocenters. The van der Waals surface area contributed by atoms with Crippen molar-refractivity contribution in [2.24, 2.45) is 28.7 Å². The van der Waals surface area contributed by atoms with E-state index < -0.39 is 40.9 Å². The summed E-state index contributed by atoms with van der Waals surface area (Å²) < 4.78 is 0. The predicted molar refractivity (Wildman–Crippen MR) is 64.0 cm³/mol. The lowest BCUT2D eigenvalue weighted by Crippen LogP contribution is -2.65. The quantitative estimate of drug-likeness (QED) is 0.428. The van der Waals surface area contributed by atoms with Crippen molar-refractivity contribution in [3.8, 4) is 0 Å². The lowest BCUT2D eigenvalue weighted by atomic mass is 9.56. The van der Waals surface area contributed by atoms with Crippen molar-refractivity contribution in [1.82, 2.24) is 5.32 Å². The molecule has 19 heavy (non-hydrogen) atoms. The number of nitrogens with two attached hydrogens (primary N) is 2. The molecule has 7 heteroatoms. The molecule has 0 aromatic heterocycles. The van der Waals surface area contributed by atoms with E-state index in [1.807, 2.05) is 5.32 Å². The van der Waals surface area contributed by atoms with Gasteiger partial charge in [-0.05, 0) is 12.8 Å². The first kappa shape index (κ1) is 13.5. The largest absolute Gasteiger partial charge is 0.369 e. The van der Waals surface area contributed by atoms with Crippen LogP contribution in [-0.2, 0) is 19.2 Å². The summed E-state index contributed by atoms with van der Waals surface area (Å²) in [5.41, 5.74) is 9.58. The Balaban J connectivity index is 2.52. The second-order valence-corrected chi connectivity index (χ2v) is 5.32. The molecule has 2 rings (SSSR count). The SMILES string of the molecule is NC(=O)C1C(=O)NC(=O)C(C(N)=O)C12CCCCC2. The first-order valence-electron chi connectivity index (χ1n) is 6.33. The van der Waals surface area contributed by atoms with Gasteiger partial charge in [-0.2, -0.15) is 0 Å². The fourth-order valence-corrected chi connectivity index (χ4v) is 3.57. The third-order valence-electron chi connectivity index (χ3n) is 4.27. The van der Waals surface area contributed by atoms with Gasteiger partial charge in [0.1, 0.15) is 11.8 Å². The second kappa shape index (κ2) is 4.64. The van der Waals surface area contributed by atoms with E-state index in [9.17, 15) is 19.2 Å². The Bertz CT molecular complexity index is 420. The Labute approximate surface area is 110 Å². The minimum absolute atomic E-state index is 0.438. The fourth-order valence-electron chi connectivity index (χ4n) is 3.57. The van der Waals surface area contributed by atoms with Crippen LogP contribution < -0.4 is 16.8 Å². The summed E-state index contributed by atoms with van der Waals surface area (Å²) in [7, 11) is 0. The smallest absolute Gasteiger partial charge is 0.239 e. The molecule has 0 bridgehead atoms. The molecule has 104 valence electrons. The third-order valence-corrected chi connectivity index (χ3v) is 4.27. The van der Waals surface area contributed by atoms with Gasteiger partial charge in [-0.25, -0.2) is 0 Å². The van der Waals surface area contributed by atoms with Crippen molar-refractivity contribution in [1.29, 1.82) is 0 Å². The molecule has 1 aliphatic carbocycles. The highest BCUT2D eigenvalue weighted by molar-refractivity contribution is 6.15. The van der Waals surface area contributed by atoms with Gasteiger partial charge in [-0.1, -0.05) is 19.3 Å². The minimum atomic E-state index is -1.16. The van der Waals surface area contributed by atoms with Crippen molar-refractivity contribution in [2.45, 2.75) is 32.1 Å². The monoisotopic (exact) mass is 267 g/mol. The van der Waals surface area contributed by atoms with Gasteiger partial charge in [0.2, 0.25) is 23.6 Å². The van der Waals surface area contributed by atoms with Crippen molar-refractivity contribution in [3.63, 3.8) is 0 Å². The lowest BCUT2D eigenvalue weighted by molar-refractivity contribution is -0.160. The van der Waals surface area contributed by atoms with Gasteiger partial charge < -0.3 is 11.5 Å². The first-order valence-corrected chi connectivity index (χ1v) is 6.33. The van der Waals surface area contributed by atoms with Gasteiger partial charge in [0.25, 0.3) is 0 Å². The number of piperidine rings is 1. The Morgan fingerprint density at radius 3 is 1.74 bits per heavy atom. The van der Waals surface area contributed by atoms with E-state index in [0.717, 1.165) is 19.3 Å². The lowest BCUT2D eigenvalue weighted by Gasteiger charge is -2.47. The number of primary amides is 2. The zero-order valence-electron chi connectivity index (χ0n) is 10.5. The number of rotatable bonds is 2. The number of amides is 4. The van der Waals surface area contributed by atoms with Crippen LogP contribution in [0.3, 0.4) is 0 Å². The molecule has 0 radical (unpaired) electrons. The fraction of sp³-hybridized carbons (Fsp3) is 0.667. The first-order chi connectivity index (χ1) is 8.90. The molecule has 2 aliphatic rings. The number of hydrogen-bond acceptors (Lipinski definition) is 4. The third kappa shape index (κ3) is 1.98. The van der Waals surface area contributed by atoms with Crippen LogP contribution in [0.4, 0.5) is 0 Å². The Kier molecular flexibility index (Phi) is 3.30. The molecule has 7 nitrogen and oxygen atoms in total. The molecule has 1 spiro atoms. The Morgan fingerprint density at radius 2 is 1.37 bits per heavy atom. The van der Waals surface area contributed by atoms with Crippen LogP contribution in [0.25, 0.3) is 0 Å². The standard InChI is InChI=1S/C12H17N3O4/c13-8(16)6-10(18)15-11(19)7(9(14)17)12(6)4-2-1-3-5-12/h6-7H,1-5H2,(H2,13,16)(H2,14,17)(H,15,18,19). The van der Waals surface area contributed by atoms with Crippen molar-refractivity contribution in [2.75, 3.05) is 0 Å². The highest BCUT2D eigenvalue weighted by atomic mass is 16.2. The van der Waals surface area contributed by atoms with Crippen molar-refractivity contribution >= 4 is 23.6 Å². The molecule has 4 amide bonds. The van der Waals surface area contributed by atoms with E-state index in [1.54, 1.807) is 0 Å². The van der Waals surface area contributed by atoms with Crippen LogP contribution in [0.1, 0.15) is 32.1 Å². The maximum Gasteiger partial charge on any atom is 0.239 e. The summed E-state index contributed by atoms with van der Waals surface area (Å²) in [5.74, 6) is -5.36. The maximum absolute atomic E-state index is 11.9. The van der Waals surface area contributed by atoms with Gasteiger partial charge in [0.05, 0.1) is 0 Å². The minimum Gasteiger partial charge on any atom is -0.369 e. The maximum atomic E-state index is 11.9. The summed E-state index contributed by atoms with van der Waals surface area (Å²) in [6, 6.07) is 0. The van der Waals surface area contributed by atoms with E-state index >= 15 is 0 Å². The summed E-state index contributed by atoms with van der Waals surface area (Å²) in [5, 5.41) is 2.03. The summed E-state index contributed by atoms with van der Waals surface area (Å²) in [6.07, 6.45) is 3.30. The zero-order valence-corrected chi connectivity index (χ0v) is 10.5. The molecule has 0 aromatic carbocycles. The van der Waals surface area contributed by atoms with Crippen LogP contribution in [0, 0.1) is 17.3 Å². The average Bonchev–Trinajstić information content (AvgIpc) is 2.27. The van der Waals surface area contributed by atoms with Crippen molar-refractivity contribution < 1.29 is 19.2 Å². The van der Waals surface area contributed by atoms with Gasteiger partial charge in [-0.15, -0.1) is 0 Å². The number of nitrogens with one attached hydrogen (secondary N) is 1. The number of hydrogen-bond donors (Lipinski definition) is 3. The molecule has 5 N–H and O–H groups in total. The molecule has 2 atom stereocenters.